The molecule has 0 amide bonds. The lowest BCUT2D eigenvalue weighted by Gasteiger charge is -2.12. The topological polar surface area (TPSA) is 91.7 Å². The number of Topliss-reactive ketones (excluding diaryl/α,β-unsaturated/α-hetero) is 1. The standard InChI is InChI=1S/C14H13BrO5/c1-8(16)14(15)11-6-9(7-13(19)20)2-3-10(11)4-5-12(17)18/h2-6,14H,7H2,1H3,(H,17,18)(H,19,20). The highest BCUT2D eigenvalue weighted by atomic mass is 79.9. The van der Waals surface area contributed by atoms with Crippen molar-refractivity contribution in [3.8, 4) is 0 Å². The van der Waals surface area contributed by atoms with Gasteiger partial charge in [0.25, 0.3) is 0 Å². The van der Waals surface area contributed by atoms with E-state index in [1.807, 2.05) is 0 Å². The Morgan fingerprint density at radius 3 is 2.45 bits per heavy atom. The van der Waals surface area contributed by atoms with Crippen molar-refractivity contribution in [2.24, 2.45) is 0 Å². The van der Waals surface area contributed by atoms with E-state index in [0.717, 1.165) is 6.08 Å². The Hall–Kier alpha value is -1.95. The van der Waals surface area contributed by atoms with Crippen LogP contribution in [0.2, 0.25) is 0 Å². The average molecular weight is 341 g/mol. The van der Waals surface area contributed by atoms with Crippen LogP contribution in [0.15, 0.2) is 24.3 Å². The highest BCUT2D eigenvalue weighted by Gasteiger charge is 2.17. The lowest BCUT2D eigenvalue weighted by Crippen LogP contribution is -2.06. The predicted molar refractivity (Wildman–Crippen MR) is 76.8 cm³/mol. The first-order valence-electron chi connectivity index (χ1n) is 5.71. The van der Waals surface area contributed by atoms with Gasteiger partial charge in [-0.05, 0) is 29.7 Å². The Kier molecular flexibility index (Phi) is 5.64. The number of rotatable bonds is 6. The van der Waals surface area contributed by atoms with E-state index in [4.69, 9.17) is 10.2 Å². The average Bonchev–Trinajstić information content (AvgIpc) is 2.35. The fraction of sp³-hybridized carbons (Fsp3) is 0.214. The summed E-state index contributed by atoms with van der Waals surface area (Å²) in [4.78, 5) is 32.1. The predicted octanol–water partition coefficient (Wildman–Crippen LogP) is 2.44. The first kappa shape index (κ1) is 16.1. The third-order valence-corrected chi connectivity index (χ3v) is 3.68. The molecule has 1 aromatic rings. The summed E-state index contributed by atoms with van der Waals surface area (Å²) in [6, 6.07) is 4.79. The van der Waals surface area contributed by atoms with Gasteiger partial charge in [0.15, 0.2) is 0 Å². The quantitative estimate of drug-likeness (QED) is 0.612. The Morgan fingerprint density at radius 1 is 1.30 bits per heavy atom. The lowest BCUT2D eigenvalue weighted by atomic mass is 9.98. The van der Waals surface area contributed by atoms with E-state index in [2.05, 4.69) is 15.9 Å². The zero-order valence-electron chi connectivity index (χ0n) is 10.7. The number of carbonyl (C=O) groups is 3. The molecule has 1 aromatic carbocycles. The third kappa shape index (κ3) is 4.62. The minimum atomic E-state index is -1.10. The van der Waals surface area contributed by atoms with Crippen molar-refractivity contribution in [2.75, 3.05) is 0 Å². The molecule has 0 fully saturated rings. The monoisotopic (exact) mass is 340 g/mol. The van der Waals surface area contributed by atoms with Gasteiger partial charge in [-0.2, -0.15) is 0 Å². The Labute approximate surface area is 124 Å². The number of carbonyl (C=O) groups excluding carboxylic acids is 1. The van der Waals surface area contributed by atoms with Crippen LogP contribution in [0.3, 0.4) is 0 Å². The van der Waals surface area contributed by atoms with E-state index in [1.165, 1.54) is 13.0 Å². The summed E-state index contributed by atoms with van der Waals surface area (Å²) in [5.41, 5.74) is 1.65. The SMILES string of the molecule is CC(=O)C(Br)c1cc(CC(=O)O)ccc1C=CC(=O)O. The molecule has 0 saturated carbocycles. The zero-order chi connectivity index (χ0) is 15.3. The summed E-state index contributed by atoms with van der Waals surface area (Å²) in [5, 5.41) is 17.4. The van der Waals surface area contributed by atoms with E-state index in [-0.39, 0.29) is 12.2 Å². The van der Waals surface area contributed by atoms with E-state index in [0.29, 0.717) is 16.7 Å². The van der Waals surface area contributed by atoms with Crippen molar-refractivity contribution < 1.29 is 24.6 Å². The van der Waals surface area contributed by atoms with E-state index in [9.17, 15) is 14.4 Å². The molecular weight excluding hydrogens is 328 g/mol. The van der Waals surface area contributed by atoms with Crippen LogP contribution in [0.1, 0.15) is 28.4 Å². The van der Waals surface area contributed by atoms with Crippen molar-refractivity contribution in [3.05, 3.63) is 41.0 Å². The van der Waals surface area contributed by atoms with Crippen molar-refractivity contribution in [2.45, 2.75) is 18.2 Å². The maximum Gasteiger partial charge on any atom is 0.328 e. The molecule has 0 spiro atoms. The molecular formula is C14H13BrO5. The fourth-order valence-corrected chi connectivity index (χ4v) is 2.06. The number of carboxylic acids is 2. The van der Waals surface area contributed by atoms with Crippen molar-refractivity contribution in [3.63, 3.8) is 0 Å². The molecule has 1 atom stereocenters. The van der Waals surface area contributed by atoms with Gasteiger partial charge in [0.1, 0.15) is 5.78 Å². The molecule has 0 aromatic heterocycles. The number of benzene rings is 1. The summed E-state index contributed by atoms with van der Waals surface area (Å²) in [6.45, 7) is 1.40. The molecule has 0 saturated heterocycles. The second kappa shape index (κ2) is 7.00. The molecule has 0 heterocycles. The smallest absolute Gasteiger partial charge is 0.328 e. The molecule has 0 bridgehead atoms. The highest BCUT2D eigenvalue weighted by Crippen LogP contribution is 2.29. The second-order valence-corrected chi connectivity index (χ2v) is 5.09. The van der Waals surface area contributed by atoms with Crippen molar-refractivity contribution in [1.29, 1.82) is 0 Å². The zero-order valence-corrected chi connectivity index (χ0v) is 12.3. The van der Waals surface area contributed by atoms with Crippen molar-refractivity contribution >= 4 is 39.7 Å². The number of hydrogen-bond donors (Lipinski definition) is 2. The van der Waals surface area contributed by atoms with Gasteiger partial charge in [0, 0.05) is 6.08 Å². The molecule has 5 nitrogen and oxygen atoms in total. The molecule has 0 radical (unpaired) electrons. The number of halogens is 1. The van der Waals surface area contributed by atoms with Gasteiger partial charge in [0.05, 0.1) is 11.2 Å². The molecule has 1 rings (SSSR count). The van der Waals surface area contributed by atoms with E-state index in [1.54, 1.807) is 18.2 Å². The van der Waals surface area contributed by atoms with Crippen LogP contribution in [-0.2, 0) is 20.8 Å². The molecule has 0 aliphatic heterocycles. The molecule has 2 N–H and O–H groups in total. The Morgan fingerprint density at radius 2 is 1.95 bits per heavy atom. The van der Waals surface area contributed by atoms with Crippen LogP contribution in [0.25, 0.3) is 6.08 Å². The normalized spacial score (nSPS) is 12.3. The summed E-state index contributed by atoms with van der Waals surface area (Å²) < 4.78 is 0. The first-order valence-corrected chi connectivity index (χ1v) is 6.63. The summed E-state index contributed by atoms with van der Waals surface area (Å²) >= 11 is 3.23. The van der Waals surface area contributed by atoms with Crippen LogP contribution >= 0.6 is 15.9 Å². The number of alkyl halides is 1. The Bertz CT molecular complexity index is 577. The number of ketones is 1. The van der Waals surface area contributed by atoms with Crippen LogP contribution in [-0.4, -0.2) is 27.9 Å². The molecule has 1 unspecified atom stereocenters. The van der Waals surface area contributed by atoms with E-state index < -0.39 is 16.8 Å². The highest BCUT2D eigenvalue weighted by molar-refractivity contribution is 9.09. The van der Waals surface area contributed by atoms with E-state index >= 15 is 0 Å². The van der Waals surface area contributed by atoms with Gasteiger partial charge >= 0.3 is 11.9 Å². The van der Waals surface area contributed by atoms with Crippen LogP contribution in [0.4, 0.5) is 0 Å². The maximum atomic E-state index is 11.5. The summed E-state index contributed by atoms with van der Waals surface area (Å²) in [6.07, 6.45) is 2.18. The molecule has 6 heteroatoms. The first-order chi connectivity index (χ1) is 9.31. The Balaban J connectivity index is 3.25. The maximum absolute atomic E-state index is 11.5. The van der Waals surface area contributed by atoms with Gasteiger partial charge in [-0.15, -0.1) is 0 Å². The molecule has 0 aliphatic rings. The van der Waals surface area contributed by atoms with Gasteiger partial charge < -0.3 is 10.2 Å². The van der Waals surface area contributed by atoms with Crippen LogP contribution in [0, 0.1) is 0 Å². The minimum Gasteiger partial charge on any atom is -0.481 e. The largest absolute Gasteiger partial charge is 0.481 e. The van der Waals surface area contributed by atoms with Gasteiger partial charge in [0.2, 0.25) is 0 Å². The van der Waals surface area contributed by atoms with Crippen LogP contribution in [0.5, 0.6) is 0 Å². The van der Waals surface area contributed by atoms with Crippen molar-refractivity contribution in [1.82, 2.24) is 0 Å². The summed E-state index contributed by atoms with van der Waals surface area (Å²) in [7, 11) is 0. The lowest BCUT2D eigenvalue weighted by molar-refractivity contribution is -0.136. The number of aliphatic carboxylic acids is 2. The van der Waals surface area contributed by atoms with Gasteiger partial charge in [-0.1, -0.05) is 34.1 Å². The van der Waals surface area contributed by atoms with Crippen LogP contribution < -0.4 is 0 Å². The number of hydrogen-bond acceptors (Lipinski definition) is 3. The minimum absolute atomic E-state index is 0.151. The second-order valence-electron chi connectivity index (χ2n) is 4.18. The van der Waals surface area contributed by atoms with Gasteiger partial charge in [-0.3, -0.25) is 9.59 Å². The number of carboxylic acid groups (broad SMARTS) is 2. The molecule has 20 heavy (non-hydrogen) atoms. The fourth-order valence-electron chi connectivity index (χ4n) is 1.66. The molecule has 0 aliphatic carbocycles. The third-order valence-electron chi connectivity index (χ3n) is 2.54. The summed E-state index contributed by atoms with van der Waals surface area (Å²) in [5.74, 6) is -2.22. The molecule has 106 valence electrons. The van der Waals surface area contributed by atoms with Gasteiger partial charge in [-0.25, -0.2) is 4.79 Å².